The number of aromatic amines is 1. The van der Waals surface area contributed by atoms with Crippen LogP contribution in [0.25, 0.3) is 11.0 Å². The van der Waals surface area contributed by atoms with Gasteiger partial charge in [-0.1, -0.05) is 24.3 Å². The number of benzene rings is 2. The average Bonchev–Trinajstić information content (AvgIpc) is 3.08. The van der Waals surface area contributed by atoms with E-state index in [1.54, 1.807) is 14.2 Å². The van der Waals surface area contributed by atoms with Gasteiger partial charge in [0, 0.05) is 33.6 Å². The van der Waals surface area contributed by atoms with Gasteiger partial charge in [0.2, 0.25) is 0 Å². The van der Waals surface area contributed by atoms with Gasteiger partial charge in [-0.05, 0) is 29.8 Å². The van der Waals surface area contributed by atoms with E-state index in [0.29, 0.717) is 0 Å². The number of hydrogen-bond donors (Lipinski definition) is 2. The molecule has 0 spiro atoms. The number of H-pyrrole nitrogens is 1. The van der Waals surface area contributed by atoms with Gasteiger partial charge < -0.3 is 19.9 Å². The van der Waals surface area contributed by atoms with Gasteiger partial charge in [0.1, 0.15) is 11.6 Å². The second kappa shape index (κ2) is 10.1. The van der Waals surface area contributed by atoms with Gasteiger partial charge in [0.15, 0.2) is 5.96 Å². The van der Waals surface area contributed by atoms with Crippen molar-refractivity contribution < 1.29 is 4.74 Å². The highest BCUT2D eigenvalue weighted by molar-refractivity contribution is 14.0. The van der Waals surface area contributed by atoms with Crippen LogP contribution in [0.2, 0.25) is 0 Å². The van der Waals surface area contributed by atoms with Crippen molar-refractivity contribution in [3.63, 3.8) is 0 Å². The number of methoxy groups -OCH3 is 1. The zero-order valence-corrected chi connectivity index (χ0v) is 18.2. The summed E-state index contributed by atoms with van der Waals surface area (Å²) in [4.78, 5) is 14.4. The molecule has 3 aromatic rings. The third-order valence-electron chi connectivity index (χ3n) is 4.24. The maximum absolute atomic E-state index is 5.20. The van der Waals surface area contributed by atoms with Gasteiger partial charge in [-0.15, -0.1) is 24.0 Å². The number of para-hydroxylation sites is 2. The number of ether oxygens (including phenoxy) is 1. The normalized spacial score (nSPS) is 11.1. The Kier molecular flexibility index (Phi) is 7.90. The van der Waals surface area contributed by atoms with Crippen LogP contribution < -0.4 is 10.1 Å². The van der Waals surface area contributed by atoms with Gasteiger partial charge >= 0.3 is 0 Å². The van der Waals surface area contributed by atoms with E-state index in [1.165, 1.54) is 5.56 Å². The molecule has 0 fully saturated rings. The van der Waals surface area contributed by atoms with Crippen LogP contribution in [0.1, 0.15) is 11.4 Å². The second-order valence-corrected chi connectivity index (χ2v) is 6.13. The SMILES string of the molecule is CN=C(NCCc1nc2ccccc2[nH]1)N(C)Cc1ccc(OC)cc1.I. The van der Waals surface area contributed by atoms with Gasteiger partial charge in [0.25, 0.3) is 0 Å². The van der Waals surface area contributed by atoms with E-state index >= 15 is 0 Å². The second-order valence-electron chi connectivity index (χ2n) is 6.13. The van der Waals surface area contributed by atoms with Crippen LogP contribution in [0.15, 0.2) is 53.5 Å². The number of nitrogens with zero attached hydrogens (tertiary/aromatic N) is 3. The molecule has 6 nitrogen and oxygen atoms in total. The lowest BCUT2D eigenvalue weighted by Crippen LogP contribution is -2.39. The van der Waals surface area contributed by atoms with Crippen LogP contribution in [-0.4, -0.2) is 48.6 Å². The molecule has 0 atom stereocenters. The number of aromatic nitrogens is 2. The number of guanidine groups is 1. The Labute approximate surface area is 177 Å². The molecular formula is C20H26IN5O. The topological polar surface area (TPSA) is 65.5 Å². The summed E-state index contributed by atoms with van der Waals surface area (Å²) in [5, 5.41) is 3.40. The van der Waals surface area contributed by atoms with Crippen LogP contribution >= 0.6 is 24.0 Å². The summed E-state index contributed by atoms with van der Waals surface area (Å²) >= 11 is 0. The molecule has 0 amide bonds. The first-order chi connectivity index (χ1) is 12.7. The Morgan fingerprint density at radius 1 is 1.19 bits per heavy atom. The van der Waals surface area contributed by atoms with Gasteiger partial charge in [0.05, 0.1) is 18.1 Å². The number of aliphatic imine (C=N–C) groups is 1. The standard InChI is InChI=1S/C20H25N5O.HI/c1-21-20(25(2)14-15-8-10-16(26-3)11-9-15)22-13-12-19-23-17-6-4-5-7-18(17)24-19;/h4-11H,12-14H2,1-3H3,(H,21,22)(H,23,24);1H. The number of rotatable bonds is 6. The Bertz CT molecular complexity index is 842. The summed E-state index contributed by atoms with van der Waals surface area (Å²) in [6.07, 6.45) is 0.810. The molecule has 1 aromatic heterocycles. The smallest absolute Gasteiger partial charge is 0.193 e. The molecule has 0 saturated heterocycles. The van der Waals surface area contributed by atoms with Crippen molar-refractivity contribution in [3.05, 3.63) is 59.9 Å². The molecule has 7 heteroatoms. The Hall–Kier alpha value is -2.29. The number of nitrogens with one attached hydrogen (secondary N) is 2. The van der Waals surface area contributed by atoms with Crippen molar-refractivity contribution in [2.24, 2.45) is 4.99 Å². The first-order valence-corrected chi connectivity index (χ1v) is 8.68. The Balaban J connectivity index is 0.00000261. The third-order valence-corrected chi connectivity index (χ3v) is 4.24. The van der Waals surface area contributed by atoms with E-state index in [0.717, 1.165) is 48.1 Å². The van der Waals surface area contributed by atoms with Gasteiger partial charge in [-0.25, -0.2) is 4.98 Å². The number of hydrogen-bond acceptors (Lipinski definition) is 3. The van der Waals surface area contributed by atoms with Gasteiger partial charge in [-0.2, -0.15) is 0 Å². The lowest BCUT2D eigenvalue weighted by Gasteiger charge is -2.22. The van der Waals surface area contributed by atoms with Crippen molar-refractivity contribution in [1.29, 1.82) is 0 Å². The minimum Gasteiger partial charge on any atom is -0.497 e. The predicted molar refractivity (Wildman–Crippen MR) is 121 cm³/mol. The van der Waals surface area contributed by atoms with E-state index in [2.05, 4.69) is 37.3 Å². The van der Waals surface area contributed by atoms with Crippen molar-refractivity contribution in [2.45, 2.75) is 13.0 Å². The maximum atomic E-state index is 5.20. The van der Waals surface area contributed by atoms with Crippen molar-refractivity contribution in [2.75, 3.05) is 27.7 Å². The summed E-state index contributed by atoms with van der Waals surface area (Å²) in [6.45, 7) is 1.54. The Morgan fingerprint density at radius 3 is 2.59 bits per heavy atom. The zero-order valence-electron chi connectivity index (χ0n) is 15.9. The first-order valence-electron chi connectivity index (χ1n) is 8.68. The Morgan fingerprint density at radius 2 is 1.93 bits per heavy atom. The fourth-order valence-electron chi connectivity index (χ4n) is 2.88. The summed E-state index contributed by atoms with van der Waals surface area (Å²) in [5.41, 5.74) is 3.28. The quantitative estimate of drug-likeness (QED) is 0.323. The van der Waals surface area contributed by atoms with Crippen molar-refractivity contribution in [3.8, 4) is 5.75 Å². The molecule has 27 heavy (non-hydrogen) atoms. The largest absolute Gasteiger partial charge is 0.497 e. The first kappa shape index (κ1) is 21.0. The number of imidazole rings is 1. The number of halogens is 1. The van der Waals surface area contributed by atoms with E-state index in [9.17, 15) is 0 Å². The molecule has 0 bridgehead atoms. The molecule has 0 aliphatic rings. The molecule has 0 saturated carbocycles. The maximum Gasteiger partial charge on any atom is 0.193 e. The summed E-state index contributed by atoms with van der Waals surface area (Å²) < 4.78 is 5.20. The molecule has 1 heterocycles. The zero-order chi connectivity index (χ0) is 18.4. The fraction of sp³-hybridized carbons (Fsp3) is 0.300. The van der Waals surface area contributed by atoms with E-state index in [-0.39, 0.29) is 24.0 Å². The van der Waals surface area contributed by atoms with E-state index in [1.807, 2.05) is 43.4 Å². The highest BCUT2D eigenvalue weighted by atomic mass is 127. The fourth-order valence-corrected chi connectivity index (χ4v) is 2.88. The van der Waals surface area contributed by atoms with E-state index in [4.69, 9.17) is 4.74 Å². The van der Waals surface area contributed by atoms with E-state index < -0.39 is 0 Å². The van der Waals surface area contributed by atoms with Gasteiger partial charge in [-0.3, -0.25) is 4.99 Å². The van der Waals surface area contributed by atoms with Crippen LogP contribution in [0.3, 0.4) is 0 Å². The van der Waals surface area contributed by atoms with Crippen molar-refractivity contribution in [1.82, 2.24) is 20.2 Å². The molecule has 0 unspecified atom stereocenters. The number of fused-ring (bicyclic) bond motifs is 1. The highest BCUT2D eigenvalue weighted by Gasteiger charge is 2.08. The predicted octanol–water partition coefficient (Wildman–Crippen LogP) is 3.44. The molecule has 2 N–H and O–H groups in total. The van der Waals surface area contributed by atoms with Crippen LogP contribution in [0.4, 0.5) is 0 Å². The molecule has 2 aromatic carbocycles. The minimum absolute atomic E-state index is 0. The molecule has 0 aliphatic carbocycles. The minimum atomic E-state index is 0. The highest BCUT2D eigenvalue weighted by Crippen LogP contribution is 2.13. The summed E-state index contributed by atoms with van der Waals surface area (Å²) in [6, 6.07) is 16.2. The molecule has 0 aliphatic heterocycles. The third kappa shape index (κ3) is 5.59. The summed E-state index contributed by atoms with van der Waals surface area (Å²) in [7, 11) is 5.50. The van der Waals surface area contributed by atoms with Crippen molar-refractivity contribution >= 4 is 41.0 Å². The molecule has 144 valence electrons. The molecular weight excluding hydrogens is 453 g/mol. The van der Waals surface area contributed by atoms with Crippen LogP contribution in [0.5, 0.6) is 5.75 Å². The summed E-state index contributed by atoms with van der Waals surface area (Å²) in [5.74, 6) is 2.70. The average molecular weight is 479 g/mol. The van der Waals surface area contributed by atoms with Crippen LogP contribution in [0, 0.1) is 0 Å². The van der Waals surface area contributed by atoms with Crippen LogP contribution in [-0.2, 0) is 13.0 Å². The molecule has 0 radical (unpaired) electrons. The lowest BCUT2D eigenvalue weighted by molar-refractivity contribution is 0.414. The monoisotopic (exact) mass is 479 g/mol. The molecule has 3 rings (SSSR count). The lowest BCUT2D eigenvalue weighted by atomic mass is 10.2.